The van der Waals surface area contributed by atoms with Gasteiger partial charge in [-0.25, -0.2) is 8.78 Å². The van der Waals surface area contributed by atoms with Crippen LogP contribution < -0.4 is 5.73 Å². The lowest BCUT2D eigenvalue weighted by molar-refractivity contribution is 0.577. The van der Waals surface area contributed by atoms with E-state index >= 15 is 0 Å². The number of hydrogen-bond acceptors (Lipinski definition) is 2. The van der Waals surface area contributed by atoms with Gasteiger partial charge < -0.3 is 5.73 Å². The topological polar surface area (TPSA) is 26.0 Å². The van der Waals surface area contributed by atoms with E-state index in [1.54, 1.807) is 11.8 Å². The summed E-state index contributed by atoms with van der Waals surface area (Å²) in [5.74, 6) is -0.300. The maximum atomic E-state index is 12.8. The number of halogens is 2. The van der Waals surface area contributed by atoms with Crippen molar-refractivity contribution in [1.82, 2.24) is 0 Å². The Morgan fingerprint density at radius 1 is 1.29 bits per heavy atom. The maximum Gasteiger partial charge on any atom is 0.126 e. The van der Waals surface area contributed by atoms with Crippen LogP contribution in [0.15, 0.2) is 18.2 Å². The van der Waals surface area contributed by atoms with Crippen LogP contribution in [0.25, 0.3) is 0 Å². The predicted octanol–water partition coefficient (Wildman–Crippen LogP) is 2.20. The summed E-state index contributed by atoms with van der Waals surface area (Å²) in [5, 5.41) is 0. The number of thioether (sulfide) groups is 1. The number of hydrogen-bond donors (Lipinski definition) is 1. The van der Waals surface area contributed by atoms with Gasteiger partial charge in [-0.15, -0.1) is 0 Å². The summed E-state index contributed by atoms with van der Waals surface area (Å²) in [6.07, 6.45) is 2.46. The molecule has 14 heavy (non-hydrogen) atoms. The third-order valence-corrected chi connectivity index (χ3v) is 2.56. The van der Waals surface area contributed by atoms with Gasteiger partial charge in [0.25, 0.3) is 0 Å². The predicted molar refractivity (Wildman–Crippen MR) is 56.4 cm³/mol. The largest absolute Gasteiger partial charge is 0.327 e. The molecule has 0 aliphatic rings. The molecule has 1 nitrogen and oxygen atoms in total. The lowest BCUT2D eigenvalue weighted by atomic mass is 10.1. The van der Waals surface area contributed by atoms with Gasteiger partial charge in [0.1, 0.15) is 11.6 Å². The first-order chi connectivity index (χ1) is 6.61. The molecule has 78 valence electrons. The smallest absolute Gasteiger partial charge is 0.126 e. The molecule has 4 heteroatoms. The fourth-order valence-electron chi connectivity index (χ4n) is 1.30. The zero-order valence-corrected chi connectivity index (χ0v) is 8.78. The van der Waals surface area contributed by atoms with E-state index < -0.39 is 11.6 Å². The molecule has 0 heterocycles. The highest BCUT2D eigenvalue weighted by Gasteiger charge is 2.05. The molecule has 0 saturated carbocycles. The van der Waals surface area contributed by atoms with E-state index in [0.717, 1.165) is 11.8 Å². The molecule has 0 saturated heterocycles. The van der Waals surface area contributed by atoms with Crippen LogP contribution in [0.5, 0.6) is 0 Å². The van der Waals surface area contributed by atoms with Gasteiger partial charge in [0, 0.05) is 17.9 Å². The molecule has 2 N–H and O–H groups in total. The molecule has 0 aliphatic heterocycles. The molecule has 0 aromatic heterocycles. The van der Waals surface area contributed by atoms with E-state index in [-0.39, 0.29) is 6.04 Å². The number of rotatable bonds is 4. The highest BCUT2D eigenvalue weighted by molar-refractivity contribution is 7.98. The van der Waals surface area contributed by atoms with Crippen molar-refractivity contribution < 1.29 is 8.78 Å². The normalized spacial score (nSPS) is 12.9. The first-order valence-corrected chi connectivity index (χ1v) is 5.70. The molecule has 1 rings (SSSR count). The monoisotopic (exact) mass is 217 g/mol. The molecule has 0 amide bonds. The van der Waals surface area contributed by atoms with Crippen LogP contribution in [0.1, 0.15) is 5.56 Å². The second-order valence-electron chi connectivity index (χ2n) is 3.20. The zero-order valence-electron chi connectivity index (χ0n) is 7.97. The van der Waals surface area contributed by atoms with Crippen LogP contribution in [0.3, 0.4) is 0 Å². The van der Waals surface area contributed by atoms with Crippen molar-refractivity contribution in [3.63, 3.8) is 0 Å². The van der Waals surface area contributed by atoms with Gasteiger partial charge in [-0.3, -0.25) is 0 Å². The van der Waals surface area contributed by atoms with Crippen molar-refractivity contribution in [2.45, 2.75) is 12.5 Å². The van der Waals surface area contributed by atoms with Gasteiger partial charge >= 0.3 is 0 Å². The van der Waals surface area contributed by atoms with Crippen LogP contribution in [0, 0.1) is 11.6 Å². The highest BCUT2D eigenvalue weighted by atomic mass is 32.2. The molecule has 1 atom stereocenters. The van der Waals surface area contributed by atoms with Crippen LogP contribution in [0.4, 0.5) is 8.78 Å². The van der Waals surface area contributed by atoms with Gasteiger partial charge in [-0.2, -0.15) is 11.8 Å². The van der Waals surface area contributed by atoms with Gasteiger partial charge in [-0.1, -0.05) is 0 Å². The fourth-order valence-corrected chi connectivity index (χ4v) is 1.85. The van der Waals surface area contributed by atoms with Gasteiger partial charge in [-0.05, 0) is 30.4 Å². The Balaban J connectivity index is 2.66. The van der Waals surface area contributed by atoms with Gasteiger partial charge in [0.15, 0.2) is 0 Å². The summed E-state index contributed by atoms with van der Waals surface area (Å²) in [6, 6.07) is 3.46. The summed E-state index contributed by atoms with van der Waals surface area (Å²) in [7, 11) is 0. The van der Waals surface area contributed by atoms with E-state index in [1.807, 2.05) is 6.26 Å². The minimum Gasteiger partial charge on any atom is -0.327 e. The van der Waals surface area contributed by atoms with Crippen molar-refractivity contribution in [2.75, 3.05) is 12.0 Å². The summed E-state index contributed by atoms with van der Waals surface area (Å²) in [5.41, 5.74) is 6.37. The summed E-state index contributed by atoms with van der Waals surface area (Å²) < 4.78 is 25.6. The second-order valence-corrected chi connectivity index (χ2v) is 4.11. The lowest BCUT2D eigenvalue weighted by Gasteiger charge is -2.09. The Labute approximate surface area is 86.7 Å². The van der Waals surface area contributed by atoms with Gasteiger partial charge in [0.2, 0.25) is 0 Å². The molecule has 1 aromatic carbocycles. The van der Waals surface area contributed by atoms with E-state index in [1.165, 1.54) is 12.1 Å². The Morgan fingerprint density at radius 2 is 1.86 bits per heavy atom. The molecule has 0 aliphatic carbocycles. The van der Waals surface area contributed by atoms with Crippen molar-refractivity contribution in [2.24, 2.45) is 5.73 Å². The van der Waals surface area contributed by atoms with E-state index in [0.29, 0.717) is 12.0 Å². The van der Waals surface area contributed by atoms with Crippen molar-refractivity contribution in [3.8, 4) is 0 Å². The molecule has 1 unspecified atom stereocenters. The first kappa shape index (κ1) is 11.5. The van der Waals surface area contributed by atoms with Crippen LogP contribution in [0.2, 0.25) is 0 Å². The van der Waals surface area contributed by atoms with E-state index in [4.69, 9.17) is 5.73 Å². The number of benzene rings is 1. The quantitative estimate of drug-likeness (QED) is 0.836. The first-order valence-electron chi connectivity index (χ1n) is 4.31. The molecule has 0 bridgehead atoms. The standard InChI is InChI=1S/C10H13F2NS/c1-14-6-10(13)4-7-2-8(11)5-9(12)3-7/h2-3,5,10H,4,6,13H2,1H3. The van der Waals surface area contributed by atoms with Gasteiger partial charge in [0.05, 0.1) is 0 Å². The minimum atomic E-state index is -0.545. The highest BCUT2D eigenvalue weighted by Crippen LogP contribution is 2.10. The molecular formula is C10H13F2NS. The lowest BCUT2D eigenvalue weighted by Crippen LogP contribution is -2.25. The van der Waals surface area contributed by atoms with E-state index in [9.17, 15) is 8.78 Å². The Bertz CT molecular complexity index is 284. The fraction of sp³-hybridized carbons (Fsp3) is 0.400. The molecule has 0 radical (unpaired) electrons. The van der Waals surface area contributed by atoms with Crippen LogP contribution in [-0.2, 0) is 6.42 Å². The Hall–Kier alpha value is -0.610. The van der Waals surface area contributed by atoms with Crippen LogP contribution >= 0.6 is 11.8 Å². The van der Waals surface area contributed by atoms with Crippen molar-refractivity contribution >= 4 is 11.8 Å². The molecular weight excluding hydrogens is 204 g/mol. The molecule has 1 aromatic rings. The zero-order chi connectivity index (χ0) is 10.6. The van der Waals surface area contributed by atoms with Crippen LogP contribution in [-0.4, -0.2) is 18.1 Å². The minimum absolute atomic E-state index is 0.0498. The summed E-state index contributed by atoms with van der Waals surface area (Å²) in [4.78, 5) is 0. The summed E-state index contributed by atoms with van der Waals surface area (Å²) >= 11 is 1.62. The summed E-state index contributed by atoms with van der Waals surface area (Å²) in [6.45, 7) is 0. The molecule has 0 spiro atoms. The SMILES string of the molecule is CSCC(N)Cc1cc(F)cc(F)c1. The Morgan fingerprint density at radius 3 is 2.36 bits per heavy atom. The van der Waals surface area contributed by atoms with Crippen molar-refractivity contribution in [1.29, 1.82) is 0 Å². The maximum absolute atomic E-state index is 12.8. The third-order valence-electron chi connectivity index (χ3n) is 1.80. The van der Waals surface area contributed by atoms with E-state index in [2.05, 4.69) is 0 Å². The average molecular weight is 217 g/mol. The molecule has 0 fully saturated rings. The second kappa shape index (κ2) is 5.32. The third kappa shape index (κ3) is 3.64. The average Bonchev–Trinajstić information content (AvgIpc) is 2.01. The number of nitrogens with two attached hydrogens (primary N) is 1. The Kier molecular flexibility index (Phi) is 4.35. The van der Waals surface area contributed by atoms with Crippen molar-refractivity contribution in [3.05, 3.63) is 35.4 Å².